The van der Waals surface area contributed by atoms with Crippen molar-refractivity contribution in [3.63, 3.8) is 0 Å². The van der Waals surface area contributed by atoms with Crippen molar-refractivity contribution < 1.29 is 67.4 Å². The number of rotatable bonds is 8. The summed E-state index contributed by atoms with van der Waals surface area (Å²) in [4.78, 5) is 73.0. The maximum atomic E-state index is 12.5. The van der Waals surface area contributed by atoms with E-state index in [1.807, 2.05) is 6.07 Å². The number of carbonyl (C=O) groups is 6. The number of hydrogen-bond donors (Lipinski definition) is 8. The van der Waals surface area contributed by atoms with Crippen LogP contribution in [0.25, 0.3) is 0 Å². The van der Waals surface area contributed by atoms with Crippen LogP contribution in [-0.2, 0) is 35.0 Å². The number of hydrogen-bond acceptors (Lipinski definition) is 16. The van der Waals surface area contributed by atoms with Gasteiger partial charge < -0.3 is 76.3 Å². The molecule has 2 aromatic carbocycles. The molecule has 10 N–H and O–H groups in total. The summed E-state index contributed by atoms with van der Waals surface area (Å²) in [5.74, 6) is 0.616. The third-order valence-electron chi connectivity index (χ3n) is 9.99. The highest BCUT2D eigenvalue weighted by atomic mass is 16.6. The number of phenols is 1. The summed E-state index contributed by atoms with van der Waals surface area (Å²) in [7, 11) is 0. The smallest absolute Gasteiger partial charge is 0.408 e. The van der Waals surface area contributed by atoms with Gasteiger partial charge in [-0.1, -0.05) is 6.07 Å². The van der Waals surface area contributed by atoms with E-state index in [4.69, 9.17) is 35.5 Å². The van der Waals surface area contributed by atoms with Gasteiger partial charge in [0.1, 0.15) is 65.0 Å². The van der Waals surface area contributed by atoms with Crippen LogP contribution in [0, 0.1) is 0 Å². The SMILES string of the molecule is CC(C)(C)OC(=O)N[C@H]1CCc2ccc(O)cc2NC1=O.CC(C)(C)OC(=O)N[C@H]1COc2ccc(OCCN3CCCC3)cc2NC1=O.CC(C)(C)OC(N)=O.CC(C)(C)OC(N)=O.OCCN1CCCC1. The van der Waals surface area contributed by atoms with Crippen LogP contribution in [-0.4, -0.2) is 150 Å². The molecular formula is C51H84N8O14. The lowest BCUT2D eigenvalue weighted by molar-refractivity contribution is -0.119. The number of β-amino-alcohol motifs (C(OH)–C–C–N with tert-alkyl or cyclic N) is 1. The number of aromatic hydroxyl groups is 1. The quantitative estimate of drug-likeness (QED) is 0.133. The number of fused-ring (bicyclic) bond motifs is 2. The Labute approximate surface area is 430 Å². The van der Waals surface area contributed by atoms with E-state index >= 15 is 0 Å². The van der Waals surface area contributed by atoms with E-state index in [2.05, 4.69) is 40.5 Å². The predicted octanol–water partition coefficient (Wildman–Crippen LogP) is 6.39. The molecule has 0 bridgehead atoms. The minimum atomic E-state index is -0.846. The fraction of sp³-hybridized carbons (Fsp3) is 0.647. The zero-order chi connectivity index (χ0) is 55.2. The molecule has 4 heterocycles. The Bertz CT molecular complexity index is 2060. The van der Waals surface area contributed by atoms with E-state index in [1.165, 1.54) is 44.8 Å². The van der Waals surface area contributed by atoms with Crippen molar-refractivity contribution in [3.8, 4) is 17.2 Å². The second-order valence-electron chi connectivity index (χ2n) is 21.5. The second kappa shape index (κ2) is 29.4. The Hall–Kier alpha value is -6.26. The summed E-state index contributed by atoms with van der Waals surface area (Å²) in [5.41, 5.74) is 9.30. The number of phenolic OH excluding ortho intramolecular Hbond substituents is 1. The molecule has 73 heavy (non-hydrogen) atoms. The highest BCUT2D eigenvalue weighted by Gasteiger charge is 2.30. The fourth-order valence-corrected chi connectivity index (χ4v) is 7.04. The lowest BCUT2D eigenvalue weighted by Crippen LogP contribution is -2.48. The first kappa shape index (κ1) is 62.9. The van der Waals surface area contributed by atoms with Gasteiger partial charge in [0.05, 0.1) is 12.3 Å². The molecule has 0 saturated carbocycles. The maximum Gasteiger partial charge on any atom is 0.408 e. The van der Waals surface area contributed by atoms with Crippen molar-refractivity contribution in [2.24, 2.45) is 11.5 Å². The van der Waals surface area contributed by atoms with Crippen molar-refractivity contribution in [1.29, 1.82) is 0 Å². The first-order valence-corrected chi connectivity index (χ1v) is 24.7. The van der Waals surface area contributed by atoms with E-state index in [9.17, 15) is 33.9 Å². The van der Waals surface area contributed by atoms with Gasteiger partial charge in [-0.15, -0.1) is 0 Å². The van der Waals surface area contributed by atoms with Crippen molar-refractivity contribution in [2.75, 3.05) is 69.7 Å². The van der Waals surface area contributed by atoms with Crippen LogP contribution >= 0.6 is 0 Å². The number of carbonyl (C=O) groups excluding carboxylic acids is 6. The highest BCUT2D eigenvalue weighted by molar-refractivity contribution is 5.99. The number of aryl methyl sites for hydroxylation is 1. The number of anilines is 2. The number of nitrogens with one attached hydrogen (secondary N) is 4. The van der Waals surface area contributed by atoms with Gasteiger partial charge in [0.2, 0.25) is 5.91 Å². The fourth-order valence-electron chi connectivity index (χ4n) is 7.04. The molecule has 412 valence electrons. The number of benzene rings is 2. The average Bonchev–Trinajstić information content (AvgIpc) is 3.90. The van der Waals surface area contributed by atoms with Crippen LogP contribution in [0.15, 0.2) is 36.4 Å². The summed E-state index contributed by atoms with van der Waals surface area (Å²) >= 11 is 0. The van der Waals surface area contributed by atoms with E-state index in [-0.39, 0.29) is 24.2 Å². The zero-order valence-electron chi connectivity index (χ0n) is 45.1. The predicted molar refractivity (Wildman–Crippen MR) is 277 cm³/mol. The molecule has 6 amide bonds. The number of likely N-dealkylation sites (tertiary alicyclic amines) is 2. The van der Waals surface area contributed by atoms with Gasteiger partial charge in [0.15, 0.2) is 0 Å². The number of nitrogens with zero attached hydrogens (tertiary/aromatic N) is 2. The molecular weight excluding hydrogens is 949 g/mol. The maximum absolute atomic E-state index is 12.5. The molecule has 0 aromatic heterocycles. The van der Waals surface area contributed by atoms with Crippen LogP contribution < -0.4 is 42.2 Å². The molecule has 22 nitrogen and oxygen atoms in total. The Kier molecular flexibility index (Phi) is 25.4. The Balaban J connectivity index is 0.000000352. The van der Waals surface area contributed by atoms with Crippen molar-refractivity contribution in [2.45, 2.75) is 156 Å². The Morgan fingerprint density at radius 2 is 1.12 bits per heavy atom. The van der Waals surface area contributed by atoms with Crippen LogP contribution in [0.1, 0.15) is 121 Å². The minimum Gasteiger partial charge on any atom is -0.508 e. The molecule has 0 spiro atoms. The van der Waals surface area contributed by atoms with Crippen LogP contribution in [0.2, 0.25) is 0 Å². The van der Waals surface area contributed by atoms with Crippen LogP contribution in [0.3, 0.4) is 0 Å². The Morgan fingerprint density at radius 3 is 1.59 bits per heavy atom. The van der Waals surface area contributed by atoms with Gasteiger partial charge in [-0.25, -0.2) is 19.2 Å². The molecule has 2 aromatic rings. The standard InChI is InChI=1S/C20H29N3O5.C15H20N2O4.C6H13NO.2C5H11NO2/c1-20(2,3)28-19(25)22-16-13-27-17-7-6-14(12-15(17)21-18(16)24)26-11-10-23-8-4-5-9-23;1-15(2,3)21-14(20)17-11-7-5-9-4-6-10(18)8-12(9)16-13(11)19;8-6-5-7-3-1-2-4-7;2*1-5(2,3)8-4(6)7/h6-7,12,16H,4-5,8-11,13H2,1-3H3,(H,21,24)(H,22,25);4,6,8,11,18H,5,7H2,1-3H3,(H,16,19)(H,17,20);8H,1-6H2;2*1-3H3,(H2,6,7)/t16-;11-;;;/m00.../s1. The normalized spacial score (nSPS) is 17.7. The minimum absolute atomic E-state index is 0.0211. The van der Waals surface area contributed by atoms with Crippen molar-refractivity contribution in [1.82, 2.24) is 20.4 Å². The van der Waals surface area contributed by atoms with Crippen molar-refractivity contribution in [3.05, 3.63) is 42.0 Å². The summed E-state index contributed by atoms with van der Waals surface area (Å²) < 4.78 is 31.0. The first-order valence-electron chi connectivity index (χ1n) is 24.7. The third-order valence-corrected chi connectivity index (χ3v) is 9.99. The third kappa shape index (κ3) is 28.5. The number of ether oxygens (including phenoxy) is 6. The van der Waals surface area contributed by atoms with Gasteiger partial charge >= 0.3 is 24.4 Å². The first-order chi connectivity index (χ1) is 33.8. The molecule has 4 aliphatic heterocycles. The summed E-state index contributed by atoms with van der Waals surface area (Å²) in [6.45, 7) is 28.5. The second-order valence-corrected chi connectivity index (χ2v) is 21.5. The average molecular weight is 1030 g/mol. The molecule has 0 radical (unpaired) electrons. The molecule has 0 unspecified atom stereocenters. The van der Waals surface area contributed by atoms with Crippen LogP contribution in [0.5, 0.6) is 17.2 Å². The summed E-state index contributed by atoms with van der Waals surface area (Å²) in [6, 6.07) is 8.66. The molecule has 22 heteroatoms. The number of nitrogens with two attached hydrogens (primary N) is 2. The molecule has 2 fully saturated rings. The lowest BCUT2D eigenvalue weighted by atomic mass is 10.1. The number of aliphatic hydroxyl groups excluding tert-OH is 1. The zero-order valence-corrected chi connectivity index (χ0v) is 45.1. The number of amides is 6. The molecule has 2 saturated heterocycles. The number of alkyl carbamates (subject to hydrolysis) is 2. The topological polar surface area (TPSA) is 305 Å². The van der Waals surface area contributed by atoms with Crippen LogP contribution in [0.4, 0.5) is 30.6 Å². The number of primary amides is 2. The van der Waals surface area contributed by atoms with Gasteiger partial charge in [0.25, 0.3) is 5.91 Å². The van der Waals surface area contributed by atoms with Gasteiger partial charge in [-0.05, 0) is 172 Å². The summed E-state index contributed by atoms with van der Waals surface area (Å²) in [6.07, 6.45) is 3.51. The van der Waals surface area contributed by atoms with Gasteiger partial charge in [-0.2, -0.15) is 0 Å². The van der Waals surface area contributed by atoms with E-state index in [0.717, 1.165) is 31.7 Å². The van der Waals surface area contributed by atoms with E-state index < -0.39 is 58.9 Å². The molecule has 0 aliphatic carbocycles. The molecule has 2 atom stereocenters. The number of aliphatic hydroxyl groups is 1. The largest absolute Gasteiger partial charge is 0.508 e. The van der Waals surface area contributed by atoms with E-state index in [0.29, 0.717) is 48.9 Å². The van der Waals surface area contributed by atoms with Gasteiger partial charge in [0, 0.05) is 30.9 Å². The molecule has 4 aliphatic rings. The summed E-state index contributed by atoms with van der Waals surface area (Å²) in [5, 5.41) is 28.6. The monoisotopic (exact) mass is 1030 g/mol. The highest BCUT2D eigenvalue weighted by Crippen LogP contribution is 2.31. The lowest BCUT2D eigenvalue weighted by Gasteiger charge is -2.22. The molecule has 6 rings (SSSR count). The van der Waals surface area contributed by atoms with Gasteiger partial charge in [-0.3, -0.25) is 14.5 Å². The Morgan fingerprint density at radius 1 is 0.658 bits per heavy atom. The van der Waals surface area contributed by atoms with Crippen molar-refractivity contribution >= 4 is 47.6 Å². The van der Waals surface area contributed by atoms with E-state index in [1.54, 1.807) is 107 Å².